The van der Waals surface area contributed by atoms with Crippen LogP contribution in [0.5, 0.6) is 0 Å². The number of rotatable bonds is 3. The highest BCUT2D eigenvalue weighted by atomic mass is 79.9. The Balaban J connectivity index is 3.13. The molecule has 70 valence electrons. The Kier molecular flexibility index (Phi) is 3.63. The first kappa shape index (κ1) is 10.4. The normalized spacial score (nSPS) is 10.1. The number of Topliss-reactive ketones (excluding diaryl/α,β-unsaturated/α-hetero) is 1. The molecule has 0 heterocycles. The van der Waals surface area contributed by atoms with Gasteiger partial charge in [-0.3, -0.25) is 4.79 Å². The molecule has 0 aliphatic rings. The molecule has 0 atom stereocenters. The quantitative estimate of drug-likeness (QED) is 0.825. The van der Waals surface area contributed by atoms with E-state index in [-0.39, 0.29) is 12.3 Å². The van der Waals surface area contributed by atoms with E-state index in [9.17, 15) is 4.79 Å². The van der Waals surface area contributed by atoms with Gasteiger partial charge in [-0.15, -0.1) is 0 Å². The summed E-state index contributed by atoms with van der Waals surface area (Å²) in [6.45, 7) is 2.10. The number of halogens is 1. The molecule has 0 aliphatic carbocycles. The van der Waals surface area contributed by atoms with Crippen LogP contribution in [0.15, 0.2) is 22.7 Å². The summed E-state index contributed by atoms with van der Waals surface area (Å²) in [6, 6.07) is 5.64. The highest BCUT2D eigenvalue weighted by molar-refractivity contribution is 9.10. The molecular formula is C10H12BrNO. The lowest BCUT2D eigenvalue weighted by atomic mass is 10.0. The predicted molar refractivity (Wildman–Crippen MR) is 56.9 cm³/mol. The zero-order valence-corrected chi connectivity index (χ0v) is 9.10. The minimum atomic E-state index is 0.00403. The van der Waals surface area contributed by atoms with Crippen molar-refractivity contribution in [3.8, 4) is 0 Å². The average molecular weight is 242 g/mol. The molecule has 0 radical (unpaired) electrons. The number of carbonyl (C=O) groups excluding carboxylic acids is 1. The molecule has 0 aromatic heterocycles. The third-order valence-electron chi connectivity index (χ3n) is 1.93. The van der Waals surface area contributed by atoms with Crippen LogP contribution in [0.1, 0.15) is 22.8 Å². The van der Waals surface area contributed by atoms with Crippen LogP contribution in [-0.2, 0) is 6.42 Å². The molecule has 0 spiro atoms. The standard InChI is InChI=1S/C10H12BrNO/c1-2-7-5-8(11)3-4-9(7)10(13)6-12/h3-5H,2,6,12H2,1H3. The summed E-state index contributed by atoms with van der Waals surface area (Å²) in [4.78, 5) is 11.4. The number of ketones is 1. The van der Waals surface area contributed by atoms with Gasteiger partial charge in [-0.25, -0.2) is 0 Å². The van der Waals surface area contributed by atoms with E-state index in [0.717, 1.165) is 22.0 Å². The first-order valence-corrected chi connectivity index (χ1v) is 5.00. The highest BCUT2D eigenvalue weighted by Gasteiger charge is 2.08. The maximum Gasteiger partial charge on any atom is 0.176 e. The third-order valence-corrected chi connectivity index (χ3v) is 2.43. The second kappa shape index (κ2) is 4.53. The Morgan fingerprint density at radius 1 is 1.54 bits per heavy atom. The summed E-state index contributed by atoms with van der Waals surface area (Å²) in [5.41, 5.74) is 7.09. The zero-order chi connectivity index (χ0) is 9.84. The molecular weight excluding hydrogens is 230 g/mol. The molecule has 3 heteroatoms. The van der Waals surface area contributed by atoms with E-state index in [0.29, 0.717) is 0 Å². The van der Waals surface area contributed by atoms with Crippen molar-refractivity contribution in [1.82, 2.24) is 0 Å². The molecule has 2 N–H and O–H groups in total. The van der Waals surface area contributed by atoms with Crippen LogP contribution >= 0.6 is 15.9 Å². The highest BCUT2D eigenvalue weighted by Crippen LogP contribution is 2.17. The van der Waals surface area contributed by atoms with Crippen LogP contribution in [0.3, 0.4) is 0 Å². The zero-order valence-electron chi connectivity index (χ0n) is 7.51. The van der Waals surface area contributed by atoms with Crippen LogP contribution in [-0.4, -0.2) is 12.3 Å². The van der Waals surface area contributed by atoms with Crippen molar-refractivity contribution in [2.24, 2.45) is 5.73 Å². The van der Waals surface area contributed by atoms with Gasteiger partial charge in [-0.1, -0.05) is 22.9 Å². The van der Waals surface area contributed by atoms with E-state index in [1.807, 2.05) is 25.1 Å². The minimum Gasteiger partial charge on any atom is -0.324 e. The number of nitrogens with two attached hydrogens (primary N) is 1. The Labute approximate surface area is 86.3 Å². The third kappa shape index (κ3) is 2.39. The van der Waals surface area contributed by atoms with Gasteiger partial charge in [-0.05, 0) is 30.2 Å². The van der Waals surface area contributed by atoms with Crippen molar-refractivity contribution < 1.29 is 4.79 Å². The van der Waals surface area contributed by atoms with Crippen LogP contribution in [0, 0.1) is 0 Å². The van der Waals surface area contributed by atoms with Crippen molar-refractivity contribution in [2.75, 3.05) is 6.54 Å². The second-order valence-corrected chi connectivity index (χ2v) is 3.70. The second-order valence-electron chi connectivity index (χ2n) is 2.78. The molecule has 0 saturated heterocycles. The smallest absolute Gasteiger partial charge is 0.176 e. The molecule has 1 aromatic carbocycles. The molecule has 0 unspecified atom stereocenters. The van der Waals surface area contributed by atoms with Crippen molar-refractivity contribution in [1.29, 1.82) is 0 Å². The molecule has 13 heavy (non-hydrogen) atoms. The van der Waals surface area contributed by atoms with Gasteiger partial charge in [0.25, 0.3) is 0 Å². The van der Waals surface area contributed by atoms with E-state index in [2.05, 4.69) is 15.9 Å². The van der Waals surface area contributed by atoms with Gasteiger partial charge in [0, 0.05) is 10.0 Å². The van der Waals surface area contributed by atoms with E-state index in [4.69, 9.17) is 5.73 Å². The van der Waals surface area contributed by atoms with Crippen LogP contribution in [0.25, 0.3) is 0 Å². The van der Waals surface area contributed by atoms with Crippen LogP contribution in [0.2, 0.25) is 0 Å². The monoisotopic (exact) mass is 241 g/mol. The fourth-order valence-corrected chi connectivity index (χ4v) is 1.65. The van der Waals surface area contributed by atoms with Gasteiger partial charge in [0.05, 0.1) is 6.54 Å². The number of carbonyl (C=O) groups is 1. The van der Waals surface area contributed by atoms with E-state index in [1.54, 1.807) is 0 Å². The van der Waals surface area contributed by atoms with Crippen molar-refractivity contribution in [3.63, 3.8) is 0 Å². The maximum atomic E-state index is 11.4. The topological polar surface area (TPSA) is 43.1 Å². The van der Waals surface area contributed by atoms with Gasteiger partial charge in [0.2, 0.25) is 0 Å². The van der Waals surface area contributed by atoms with Crippen molar-refractivity contribution in [2.45, 2.75) is 13.3 Å². The van der Waals surface area contributed by atoms with Crippen molar-refractivity contribution in [3.05, 3.63) is 33.8 Å². The summed E-state index contributed by atoms with van der Waals surface area (Å²) in [6.07, 6.45) is 0.848. The fraction of sp³-hybridized carbons (Fsp3) is 0.300. The Bertz CT molecular complexity index is 323. The lowest BCUT2D eigenvalue weighted by molar-refractivity contribution is 0.100. The summed E-state index contributed by atoms with van der Waals surface area (Å²) in [5.74, 6) is 0.00403. The van der Waals surface area contributed by atoms with Gasteiger partial charge in [0.15, 0.2) is 5.78 Å². The number of benzene rings is 1. The molecule has 0 aliphatic heterocycles. The molecule has 0 bridgehead atoms. The van der Waals surface area contributed by atoms with Gasteiger partial charge in [0.1, 0.15) is 0 Å². The fourth-order valence-electron chi connectivity index (χ4n) is 1.24. The number of aryl methyl sites for hydroxylation is 1. The van der Waals surface area contributed by atoms with Crippen molar-refractivity contribution >= 4 is 21.7 Å². The largest absolute Gasteiger partial charge is 0.324 e. The lowest BCUT2D eigenvalue weighted by Gasteiger charge is -2.05. The number of hydrogen-bond acceptors (Lipinski definition) is 2. The number of hydrogen-bond donors (Lipinski definition) is 1. The first-order chi connectivity index (χ1) is 6.19. The SMILES string of the molecule is CCc1cc(Br)ccc1C(=O)CN. The summed E-state index contributed by atoms with van der Waals surface area (Å²) in [7, 11) is 0. The summed E-state index contributed by atoms with van der Waals surface area (Å²) >= 11 is 3.37. The maximum absolute atomic E-state index is 11.4. The Morgan fingerprint density at radius 3 is 2.77 bits per heavy atom. The molecule has 1 aromatic rings. The predicted octanol–water partition coefficient (Wildman–Crippen LogP) is 2.15. The lowest BCUT2D eigenvalue weighted by Crippen LogP contribution is -2.15. The summed E-state index contributed by atoms with van der Waals surface area (Å²) in [5, 5.41) is 0. The van der Waals surface area contributed by atoms with E-state index in [1.165, 1.54) is 0 Å². The molecule has 0 amide bonds. The van der Waals surface area contributed by atoms with E-state index >= 15 is 0 Å². The molecule has 0 fully saturated rings. The summed E-state index contributed by atoms with van der Waals surface area (Å²) < 4.78 is 0.998. The Hall–Kier alpha value is -0.670. The van der Waals surface area contributed by atoms with Gasteiger partial charge >= 0.3 is 0 Å². The molecule has 0 saturated carbocycles. The molecule has 1 rings (SSSR count). The minimum absolute atomic E-state index is 0.00403. The van der Waals surface area contributed by atoms with Gasteiger partial charge in [-0.2, -0.15) is 0 Å². The van der Waals surface area contributed by atoms with E-state index < -0.39 is 0 Å². The van der Waals surface area contributed by atoms with Crippen LogP contribution in [0.4, 0.5) is 0 Å². The van der Waals surface area contributed by atoms with Gasteiger partial charge < -0.3 is 5.73 Å². The first-order valence-electron chi connectivity index (χ1n) is 4.20. The van der Waals surface area contributed by atoms with Crippen LogP contribution < -0.4 is 5.73 Å². The molecule has 2 nitrogen and oxygen atoms in total. The Morgan fingerprint density at radius 2 is 2.23 bits per heavy atom. The average Bonchev–Trinajstić information content (AvgIpc) is 2.16.